The molecule has 0 N–H and O–H groups in total. The number of halogens is 2. The highest BCUT2D eigenvalue weighted by molar-refractivity contribution is 5.91. The molecule has 44 heavy (non-hydrogen) atoms. The molecule has 1 fully saturated rings. The van der Waals surface area contributed by atoms with Gasteiger partial charge in [-0.3, -0.25) is 4.79 Å². The van der Waals surface area contributed by atoms with Gasteiger partial charge in [0.2, 0.25) is 5.91 Å². The number of aryl methyl sites for hydroxylation is 1. The number of fused-ring (bicyclic) bond motifs is 1. The van der Waals surface area contributed by atoms with Crippen LogP contribution in [-0.4, -0.2) is 60.5 Å². The van der Waals surface area contributed by atoms with E-state index in [1.807, 2.05) is 46.4 Å². The van der Waals surface area contributed by atoms with Crippen molar-refractivity contribution >= 4 is 22.8 Å². The highest BCUT2D eigenvalue weighted by Crippen LogP contribution is 2.35. The number of rotatable bonds is 6. The van der Waals surface area contributed by atoms with E-state index in [1.54, 1.807) is 17.9 Å². The third-order valence-electron chi connectivity index (χ3n) is 8.01. The molecule has 9 nitrogen and oxygen atoms in total. The molecular weight excluding hydrogens is 564 g/mol. The third-order valence-corrected chi connectivity index (χ3v) is 8.01. The van der Waals surface area contributed by atoms with Crippen LogP contribution >= 0.6 is 0 Å². The van der Waals surface area contributed by atoms with Crippen molar-refractivity contribution in [1.29, 1.82) is 0 Å². The standard InChI is InChI=1S/C33H37F2N7O2/c1-9-26(43)40-15-20(7)41(16-19(40)6)31-23-14-25(35)29(22-12-10-11-13-24(22)34)38-32(23)42(33(44)39-31)30-27(17(2)3)36-21(8)37-28(30)18(4)5/h9-14,17-20H,1,15-16H2,2-8H3/t19-,20+/m1/s1. The van der Waals surface area contributed by atoms with E-state index in [2.05, 4.69) is 16.5 Å². The van der Waals surface area contributed by atoms with Crippen LogP contribution in [0.3, 0.4) is 0 Å². The molecule has 1 aliphatic rings. The number of hydrogen-bond donors (Lipinski definition) is 0. The van der Waals surface area contributed by atoms with Crippen molar-refractivity contribution in [2.75, 3.05) is 18.0 Å². The number of piperazine rings is 1. The van der Waals surface area contributed by atoms with Gasteiger partial charge in [0.05, 0.1) is 22.5 Å². The van der Waals surface area contributed by atoms with Gasteiger partial charge < -0.3 is 9.80 Å². The summed E-state index contributed by atoms with van der Waals surface area (Å²) in [4.78, 5) is 48.9. The summed E-state index contributed by atoms with van der Waals surface area (Å²) in [6, 6.07) is 6.56. The van der Waals surface area contributed by atoms with Crippen LogP contribution in [0.4, 0.5) is 14.6 Å². The van der Waals surface area contributed by atoms with Gasteiger partial charge in [-0.05, 0) is 56.9 Å². The van der Waals surface area contributed by atoms with Gasteiger partial charge in [-0.1, -0.05) is 46.4 Å². The average molecular weight is 602 g/mol. The fourth-order valence-corrected chi connectivity index (χ4v) is 5.86. The smallest absolute Gasteiger partial charge is 0.349 e. The molecular formula is C33H37F2N7O2. The van der Waals surface area contributed by atoms with E-state index in [-0.39, 0.29) is 57.9 Å². The van der Waals surface area contributed by atoms with Crippen LogP contribution < -0.4 is 10.6 Å². The Morgan fingerprint density at radius 3 is 2.18 bits per heavy atom. The van der Waals surface area contributed by atoms with E-state index in [0.29, 0.717) is 36.0 Å². The monoisotopic (exact) mass is 601 g/mol. The zero-order valence-electron chi connectivity index (χ0n) is 26.1. The summed E-state index contributed by atoms with van der Waals surface area (Å²) in [6.07, 6.45) is 1.28. The first-order chi connectivity index (χ1) is 20.8. The second kappa shape index (κ2) is 11.9. The lowest BCUT2D eigenvalue weighted by Crippen LogP contribution is -2.58. The molecule has 11 heteroatoms. The molecule has 1 saturated heterocycles. The molecule has 0 bridgehead atoms. The Morgan fingerprint density at radius 1 is 0.955 bits per heavy atom. The van der Waals surface area contributed by atoms with E-state index < -0.39 is 17.3 Å². The number of benzene rings is 1. The lowest BCUT2D eigenvalue weighted by atomic mass is 10.0. The van der Waals surface area contributed by atoms with Crippen LogP contribution in [-0.2, 0) is 4.79 Å². The summed E-state index contributed by atoms with van der Waals surface area (Å²) in [7, 11) is 0. The van der Waals surface area contributed by atoms with Crippen molar-refractivity contribution in [3.63, 3.8) is 0 Å². The van der Waals surface area contributed by atoms with Crippen LogP contribution in [0.15, 0.2) is 47.8 Å². The van der Waals surface area contributed by atoms with Crippen LogP contribution in [0.1, 0.15) is 70.6 Å². The second-order valence-electron chi connectivity index (χ2n) is 12.0. The molecule has 1 amide bonds. The Balaban J connectivity index is 1.87. The fourth-order valence-electron chi connectivity index (χ4n) is 5.86. The van der Waals surface area contributed by atoms with Crippen molar-refractivity contribution in [2.45, 2.75) is 72.4 Å². The van der Waals surface area contributed by atoms with Crippen molar-refractivity contribution in [3.05, 3.63) is 82.3 Å². The molecule has 1 aromatic carbocycles. The van der Waals surface area contributed by atoms with Gasteiger partial charge in [-0.2, -0.15) is 4.98 Å². The summed E-state index contributed by atoms with van der Waals surface area (Å²) in [5.41, 5.74) is 0.890. The minimum Gasteiger partial charge on any atom is -0.349 e. The predicted molar refractivity (Wildman–Crippen MR) is 167 cm³/mol. The molecule has 4 heterocycles. The van der Waals surface area contributed by atoms with E-state index in [0.717, 1.165) is 0 Å². The maximum absolute atomic E-state index is 16.0. The average Bonchev–Trinajstić information content (AvgIpc) is 2.97. The molecule has 0 radical (unpaired) electrons. The van der Waals surface area contributed by atoms with Gasteiger partial charge in [0.1, 0.15) is 29.0 Å². The lowest BCUT2D eigenvalue weighted by Gasteiger charge is -2.44. The number of hydrogen-bond acceptors (Lipinski definition) is 7. The van der Waals surface area contributed by atoms with Crippen molar-refractivity contribution in [2.24, 2.45) is 0 Å². The quantitative estimate of drug-likeness (QED) is 0.262. The van der Waals surface area contributed by atoms with Crippen LogP contribution in [0, 0.1) is 18.6 Å². The van der Waals surface area contributed by atoms with Crippen LogP contribution in [0.5, 0.6) is 0 Å². The van der Waals surface area contributed by atoms with Crippen molar-refractivity contribution in [1.82, 2.24) is 29.4 Å². The number of aromatic nitrogens is 5. The zero-order valence-corrected chi connectivity index (χ0v) is 26.1. The number of amides is 1. The van der Waals surface area contributed by atoms with Gasteiger partial charge in [-0.25, -0.2) is 33.1 Å². The highest BCUT2D eigenvalue weighted by atomic mass is 19.1. The minimum atomic E-state index is -0.759. The number of carbonyl (C=O) groups is 1. The first-order valence-corrected chi connectivity index (χ1v) is 14.8. The molecule has 0 aliphatic carbocycles. The number of carbonyl (C=O) groups excluding carboxylic acids is 1. The minimum absolute atomic E-state index is 0.0314. The Kier molecular flexibility index (Phi) is 8.33. The van der Waals surface area contributed by atoms with Crippen LogP contribution in [0.25, 0.3) is 28.0 Å². The van der Waals surface area contributed by atoms with Crippen LogP contribution in [0.2, 0.25) is 0 Å². The molecule has 1 aliphatic heterocycles. The van der Waals surface area contributed by atoms with Crippen molar-refractivity contribution < 1.29 is 13.6 Å². The molecule has 0 saturated carbocycles. The van der Waals surface area contributed by atoms with Gasteiger partial charge in [0.15, 0.2) is 5.65 Å². The lowest BCUT2D eigenvalue weighted by molar-refractivity contribution is -0.128. The Morgan fingerprint density at radius 2 is 1.59 bits per heavy atom. The third kappa shape index (κ3) is 5.35. The van der Waals surface area contributed by atoms with E-state index in [4.69, 9.17) is 9.97 Å². The Bertz CT molecular complexity index is 1810. The molecule has 0 spiro atoms. The normalized spacial score (nSPS) is 17.2. The van der Waals surface area contributed by atoms with Gasteiger partial charge >= 0.3 is 5.69 Å². The maximum atomic E-state index is 16.0. The summed E-state index contributed by atoms with van der Waals surface area (Å²) in [5, 5.41) is 0.273. The first kappa shape index (κ1) is 30.9. The van der Waals surface area contributed by atoms with E-state index >= 15 is 4.39 Å². The molecule has 2 atom stereocenters. The van der Waals surface area contributed by atoms with Crippen molar-refractivity contribution in [3.8, 4) is 16.9 Å². The molecule has 230 valence electrons. The van der Waals surface area contributed by atoms with Gasteiger partial charge in [-0.15, -0.1) is 0 Å². The largest absolute Gasteiger partial charge is 0.355 e. The summed E-state index contributed by atoms with van der Waals surface area (Å²) in [5.74, 6) is -1.00. The van der Waals surface area contributed by atoms with E-state index in [1.165, 1.54) is 34.9 Å². The number of pyridine rings is 1. The summed E-state index contributed by atoms with van der Waals surface area (Å²) in [6.45, 7) is 17.8. The predicted octanol–water partition coefficient (Wildman–Crippen LogP) is 5.68. The molecule has 3 aromatic heterocycles. The maximum Gasteiger partial charge on any atom is 0.355 e. The second-order valence-corrected chi connectivity index (χ2v) is 12.0. The number of anilines is 1. The summed E-state index contributed by atoms with van der Waals surface area (Å²) >= 11 is 0. The highest BCUT2D eigenvalue weighted by Gasteiger charge is 2.34. The zero-order chi connectivity index (χ0) is 32.0. The molecule has 4 aromatic rings. The summed E-state index contributed by atoms with van der Waals surface area (Å²) < 4.78 is 32.3. The van der Waals surface area contributed by atoms with Gasteiger partial charge in [0.25, 0.3) is 0 Å². The van der Waals surface area contributed by atoms with Gasteiger partial charge in [0, 0.05) is 30.7 Å². The first-order valence-electron chi connectivity index (χ1n) is 14.8. The SMILES string of the molecule is C=CC(=O)N1C[C@H](C)N(c2nc(=O)n(-c3c(C(C)C)nc(C)nc3C(C)C)c3nc(-c4ccccc4F)c(F)cc23)C[C@H]1C. The number of nitrogens with zero attached hydrogens (tertiary/aromatic N) is 7. The topological polar surface area (TPSA) is 97.1 Å². The Labute approximate surface area is 255 Å². The van der Waals surface area contributed by atoms with E-state index in [9.17, 15) is 14.0 Å². The molecule has 0 unspecified atom stereocenters. The molecule has 5 rings (SSSR count). The Hall–Kier alpha value is -4.54. The fraction of sp³-hybridized carbons (Fsp3) is 0.394.